The van der Waals surface area contributed by atoms with Crippen molar-refractivity contribution in [1.29, 1.82) is 0 Å². The second kappa shape index (κ2) is 10.5. The number of anilines is 2. The monoisotopic (exact) mass is 513 g/mol. The number of hydrogen-bond acceptors (Lipinski definition) is 6. The molecule has 8 heteroatoms. The lowest BCUT2D eigenvalue weighted by Gasteiger charge is -2.37. The Labute approximate surface area is 219 Å². The van der Waals surface area contributed by atoms with Crippen molar-refractivity contribution in [2.24, 2.45) is 5.92 Å². The third kappa shape index (κ3) is 4.89. The Bertz CT molecular complexity index is 1420. The van der Waals surface area contributed by atoms with Crippen LogP contribution in [0, 0.1) is 11.7 Å². The fraction of sp³-hybridized carbons (Fsp3) is 0.233. The molecule has 0 spiro atoms. The molecular weight excluding hydrogens is 487 g/mol. The van der Waals surface area contributed by atoms with E-state index in [2.05, 4.69) is 5.32 Å². The smallest absolute Gasteiger partial charge is 0.228 e. The lowest BCUT2D eigenvalue weighted by atomic mass is 9.76. The number of nitrogens with one attached hydrogen (secondary N) is 1. The van der Waals surface area contributed by atoms with Crippen LogP contribution in [0.25, 0.3) is 0 Å². The standard InChI is InChI=1S/C30H27FN2O5/c1-38-22-6-4-5-19(15-22)20-16-24-29(26(34)17-20)30(18-9-11-21(31)12-10-18)33(27(35)13-14-28(36)37)25-8-3-2-7-23(25)32-24/h2-12,15-16,20,29-30,32H,13-14,17H2,1H3,(H,36,37)/p-1/t20-,29-,30+/m0/s1. The third-order valence-electron chi connectivity index (χ3n) is 7.07. The molecule has 0 saturated heterocycles. The lowest BCUT2D eigenvalue weighted by Crippen LogP contribution is -2.43. The molecule has 1 heterocycles. The first-order valence-electron chi connectivity index (χ1n) is 12.4. The van der Waals surface area contributed by atoms with E-state index < -0.39 is 36.1 Å². The SMILES string of the molecule is COc1cccc([C@H]2C=C3Nc4ccccc4N(C(=O)CCC(=O)[O-])[C@H](c4ccc(F)cc4)[C@@H]3C(=O)C2)c1. The van der Waals surface area contributed by atoms with Gasteiger partial charge in [0, 0.05) is 30.4 Å². The molecule has 194 valence electrons. The van der Waals surface area contributed by atoms with Crippen molar-refractivity contribution >= 4 is 29.0 Å². The number of carbonyl (C=O) groups excluding carboxylic acids is 3. The fourth-order valence-corrected chi connectivity index (χ4v) is 5.31. The van der Waals surface area contributed by atoms with Gasteiger partial charge >= 0.3 is 0 Å². The van der Waals surface area contributed by atoms with Crippen LogP contribution < -0.4 is 20.1 Å². The van der Waals surface area contributed by atoms with E-state index >= 15 is 0 Å². The minimum atomic E-state index is -1.34. The van der Waals surface area contributed by atoms with Crippen LogP contribution in [-0.2, 0) is 14.4 Å². The largest absolute Gasteiger partial charge is 0.550 e. The maximum atomic E-state index is 13.9. The Balaban J connectivity index is 1.67. The van der Waals surface area contributed by atoms with Gasteiger partial charge in [-0.25, -0.2) is 4.39 Å². The first-order valence-corrected chi connectivity index (χ1v) is 12.4. The highest BCUT2D eigenvalue weighted by atomic mass is 19.1. The average molecular weight is 514 g/mol. The number of benzene rings is 3. The van der Waals surface area contributed by atoms with E-state index in [0.717, 1.165) is 5.56 Å². The Hall–Kier alpha value is -4.46. The summed E-state index contributed by atoms with van der Waals surface area (Å²) in [5.41, 5.74) is 3.23. The number of ketones is 1. The van der Waals surface area contributed by atoms with Crippen molar-refractivity contribution in [2.75, 3.05) is 17.3 Å². The molecule has 1 N–H and O–H groups in total. The molecule has 7 nitrogen and oxygen atoms in total. The van der Waals surface area contributed by atoms with Gasteiger partial charge in [-0.3, -0.25) is 9.59 Å². The number of rotatable bonds is 6. The van der Waals surface area contributed by atoms with Gasteiger partial charge in [-0.15, -0.1) is 0 Å². The number of carboxylic acid groups (broad SMARTS) is 1. The number of nitrogens with zero attached hydrogens (tertiary/aromatic N) is 1. The summed E-state index contributed by atoms with van der Waals surface area (Å²) >= 11 is 0. The molecule has 3 aromatic carbocycles. The van der Waals surface area contributed by atoms with Crippen molar-refractivity contribution in [3.63, 3.8) is 0 Å². The highest BCUT2D eigenvalue weighted by molar-refractivity contribution is 6.02. The van der Waals surface area contributed by atoms with E-state index in [1.54, 1.807) is 37.4 Å². The van der Waals surface area contributed by atoms with Crippen molar-refractivity contribution in [3.8, 4) is 5.75 Å². The molecule has 3 atom stereocenters. The summed E-state index contributed by atoms with van der Waals surface area (Å²) in [6, 6.07) is 19.6. The first kappa shape index (κ1) is 25.2. The van der Waals surface area contributed by atoms with E-state index in [1.165, 1.54) is 17.0 Å². The number of carboxylic acids is 1. The molecule has 0 bridgehead atoms. The summed E-state index contributed by atoms with van der Waals surface area (Å²) in [5, 5.41) is 14.6. The van der Waals surface area contributed by atoms with Gasteiger partial charge in [-0.2, -0.15) is 0 Å². The number of fused-ring (bicyclic) bond motifs is 2. The second-order valence-electron chi connectivity index (χ2n) is 9.43. The van der Waals surface area contributed by atoms with E-state index in [0.29, 0.717) is 28.4 Å². The summed E-state index contributed by atoms with van der Waals surface area (Å²) in [6.07, 6.45) is 1.43. The molecule has 0 unspecified atom stereocenters. The van der Waals surface area contributed by atoms with Crippen molar-refractivity contribution in [2.45, 2.75) is 31.2 Å². The highest BCUT2D eigenvalue weighted by Gasteiger charge is 2.44. The van der Waals surface area contributed by atoms with Crippen LogP contribution in [0.3, 0.4) is 0 Å². The van der Waals surface area contributed by atoms with Crippen LogP contribution in [0.5, 0.6) is 5.75 Å². The molecular formula is C30H26FN2O5-. The summed E-state index contributed by atoms with van der Waals surface area (Å²) in [6.45, 7) is 0. The van der Waals surface area contributed by atoms with Crippen LogP contribution in [0.15, 0.2) is 84.6 Å². The van der Waals surface area contributed by atoms with Gasteiger partial charge in [-0.05, 0) is 53.9 Å². The van der Waals surface area contributed by atoms with Crippen LogP contribution in [0.2, 0.25) is 0 Å². The third-order valence-corrected chi connectivity index (χ3v) is 7.07. The van der Waals surface area contributed by atoms with Crippen molar-refractivity contribution in [3.05, 3.63) is 102 Å². The average Bonchev–Trinajstić information content (AvgIpc) is 3.07. The minimum absolute atomic E-state index is 0.0948. The number of allylic oxidation sites excluding steroid dienone is 1. The summed E-state index contributed by atoms with van der Waals surface area (Å²) in [5.74, 6) is -2.67. The number of Topliss-reactive ketones (excluding diaryl/α,β-unsaturated/α-hetero) is 1. The number of para-hydroxylation sites is 2. The van der Waals surface area contributed by atoms with Crippen LogP contribution in [-0.4, -0.2) is 24.8 Å². The summed E-state index contributed by atoms with van der Waals surface area (Å²) in [4.78, 5) is 40.2. The van der Waals surface area contributed by atoms with Crippen LogP contribution in [0.1, 0.15) is 42.3 Å². The quantitative estimate of drug-likeness (QED) is 0.533. The molecule has 0 radical (unpaired) electrons. The zero-order chi connectivity index (χ0) is 26.8. The van der Waals surface area contributed by atoms with Gasteiger partial charge in [0.05, 0.1) is 30.4 Å². The van der Waals surface area contributed by atoms with Gasteiger partial charge in [0.2, 0.25) is 5.91 Å². The molecule has 1 amide bonds. The molecule has 1 aliphatic heterocycles. The molecule has 5 rings (SSSR count). The summed E-state index contributed by atoms with van der Waals surface area (Å²) < 4.78 is 19.3. The Morgan fingerprint density at radius 2 is 1.79 bits per heavy atom. The predicted molar refractivity (Wildman–Crippen MR) is 138 cm³/mol. The number of hydrogen-bond donors (Lipinski definition) is 1. The van der Waals surface area contributed by atoms with Gasteiger partial charge < -0.3 is 24.9 Å². The zero-order valence-electron chi connectivity index (χ0n) is 20.7. The lowest BCUT2D eigenvalue weighted by molar-refractivity contribution is -0.305. The Morgan fingerprint density at radius 1 is 1.03 bits per heavy atom. The van der Waals surface area contributed by atoms with Crippen LogP contribution >= 0.6 is 0 Å². The van der Waals surface area contributed by atoms with Gasteiger partial charge in [0.15, 0.2) is 0 Å². The van der Waals surface area contributed by atoms with E-state index in [9.17, 15) is 23.9 Å². The fourth-order valence-electron chi connectivity index (χ4n) is 5.31. The molecule has 3 aromatic rings. The predicted octanol–water partition coefficient (Wildman–Crippen LogP) is 4.12. The van der Waals surface area contributed by atoms with Gasteiger partial charge in [-0.1, -0.05) is 42.5 Å². The Kier molecular flexibility index (Phi) is 6.96. The van der Waals surface area contributed by atoms with Crippen LogP contribution in [0.4, 0.5) is 15.8 Å². The molecule has 2 aliphatic rings. The summed E-state index contributed by atoms with van der Waals surface area (Å²) in [7, 11) is 1.59. The highest BCUT2D eigenvalue weighted by Crippen LogP contribution is 2.48. The number of carbonyl (C=O) groups is 3. The minimum Gasteiger partial charge on any atom is -0.550 e. The van der Waals surface area contributed by atoms with Gasteiger partial charge in [0.25, 0.3) is 0 Å². The Morgan fingerprint density at radius 3 is 2.53 bits per heavy atom. The number of aliphatic carboxylic acids is 1. The van der Waals surface area contributed by atoms with E-state index in [4.69, 9.17) is 4.74 Å². The first-order chi connectivity index (χ1) is 18.4. The number of methoxy groups -OCH3 is 1. The molecule has 0 saturated carbocycles. The number of halogens is 1. The van der Waals surface area contributed by atoms with Crippen molar-refractivity contribution < 1.29 is 28.6 Å². The molecule has 0 aromatic heterocycles. The van der Waals surface area contributed by atoms with E-state index in [1.807, 2.05) is 36.4 Å². The maximum absolute atomic E-state index is 13.9. The van der Waals surface area contributed by atoms with E-state index in [-0.39, 0.29) is 24.5 Å². The molecule has 38 heavy (non-hydrogen) atoms. The second-order valence-corrected chi connectivity index (χ2v) is 9.43. The molecule has 0 fully saturated rings. The topological polar surface area (TPSA) is 98.8 Å². The maximum Gasteiger partial charge on any atom is 0.228 e. The van der Waals surface area contributed by atoms with Gasteiger partial charge in [0.1, 0.15) is 17.3 Å². The molecule has 1 aliphatic carbocycles. The zero-order valence-corrected chi connectivity index (χ0v) is 20.7. The normalized spacial score (nSPS) is 20.4. The van der Waals surface area contributed by atoms with Crippen molar-refractivity contribution in [1.82, 2.24) is 0 Å². The number of ether oxygens (including phenoxy) is 1. The number of amides is 1.